The Kier molecular flexibility index (Phi) is 4.81. The van der Waals surface area contributed by atoms with Crippen LogP contribution < -0.4 is 10.2 Å². The van der Waals surface area contributed by atoms with Crippen LogP contribution in [0.1, 0.15) is 24.8 Å². The van der Waals surface area contributed by atoms with Gasteiger partial charge in [-0.05, 0) is 30.2 Å². The van der Waals surface area contributed by atoms with E-state index >= 15 is 0 Å². The topological polar surface area (TPSA) is 71.0 Å². The molecule has 2 aliphatic heterocycles. The van der Waals surface area contributed by atoms with Gasteiger partial charge in [-0.15, -0.1) is 0 Å². The summed E-state index contributed by atoms with van der Waals surface area (Å²) in [6, 6.07) is 14.8. The van der Waals surface area contributed by atoms with Crippen molar-refractivity contribution in [1.29, 1.82) is 0 Å². The van der Waals surface area contributed by atoms with Crippen LogP contribution in [0.5, 0.6) is 0 Å². The first kappa shape index (κ1) is 17.5. The molecule has 0 bridgehead atoms. The van der Waals surface area contributed by atoms with E-state index in [1.54, 1.807) is 23.1 Å². The molecule has 2 amide bonds. The van der Waals surface area contributed by atoms with Gasteiger partial charge >= 0.3 is 0 Å². The lowest BCUT2D eigenvalue weighted by Crippen LogP contribution is -2.28. The number of benzene rings is 2. The molecular weight excluding hydrogens is 366 g/mol. The van der Waals surface area contributed by atoms with E-state index in [4.69, 9.17) is 16.4 Å². The smallest absolute Gasteiger partial charge is 0.268 e. The molecule has 0 radical (unpaired) electrons. The van der Waals surface area contributed by atoms with Crippen LogP contribution in [-0.4, -0.2) is 30.2 Å². The van der Waals surface area contributed by atoms with Crippen molar-refractivity contribution in [2.24, 2.45) is 5.16 Å². The Hall–Kier alpha value is -2.86. The molecule has 2 aromatic carbocycles. The molecule has 4 rings (SSSR count). The fourth-order valence-corrected chi connectivity index (χ4v) is 3.40. The highest BCUT2D eigenvalue weighted by Gasteiger charge is 2.29. The average molecular weight is 384 g/mol. The summed E-state index contributed by atoms with van der Waals surface area (Å²) in [6.07, 6.45) is 1.05. The average Bonchev–Trinajstić information content (AvgIpc) is 3.34. The van der Waals surface area contributed by atoms with Crippen LogP contribution in [0.3, 0.4) is 0 Å². The van der Waals surface area contributed by atoms with Gasteiger partial charge in [0, 0.05) is 25.1 Å². The zero-order chi connectivity index (χ0) is 18.8. The van der Waals surface area contributed by atoms with E-state index in [0.29, 0.717) is 30.1 Å². The Balaban J connectivity index is 1.45. The lowest BCUT2D eigenvalue weighted by Gasteiger charge is -2.18. The molecule has 1 fully saturated rings. The second kappa shape index (κ2) is 7.40. The van der Waals surface area contributed by atoms with Crippen molar-refractivity contribution in [1.82, 2.24) is 0 Å². The molecule has 2 heterocycles. The molecule has 1 N–H and O–H groups in total. The molecule has 0 aliphatic carbocycles. The first-order chi connectivity index (χ1) is 13.1. The third kappa shape index (κ3) is 3.66. The Bertz CT molecular complexity index is 914. The highest BCUT2D eigenvalue weighted by atomic mass is 35.5. The Morgan fingerprint density at radius 2 is 2.04 bits per heavy atom. The van der Waals surface area contributed by atoms with Crippen LogP contribution in [0.2, 0.25) is 5.02 Å². The van der Waals surface area contributed by atoms with E-state index < -0.39 is 6.10 Å². The lowest BCUT2D eigenvalue weighted by atomic mass is 10.0. The number of amides is 2. The quantitative estimate of drug-likeness (QED) is 0.876. The van der Waals surface area contributed by atoms with Crippen LogP contribution in [-0.2, 0) is 14.4 Å². The highest BCUT2D eigenvalue weighted by molar-refractivity contribution is 6.34. The molecule has 7 heteroatoms. The number of oxime groups is 1. The van der Waals surface area contributed by atoms with E-state index in [2.05, 4.69) is 10.5 Å². The first-order valence-electron chi connectivity index (χ1n) is 8.81. The van der Waals surface area contributed by atoms with Gasteiger partial charge in [0.2, 0.25) is 12.0 Å². The number of halogens is 1. The summed E-state index contributed by atoms with van der Waals surface area (Å²) in [5.41, 5.74) is 2.85. The number of nitrogens with zero attached hydrogens (tertiary/aromatic N) is 2. The van der Waals surface area contributed by atoms with E-state index in [-0.39, 0.29) is 11.8 Å². The molecule has 1 unspecified atom stereocenters. The van der Waals surface area contributed by atoms with Gasteiger partial charge in [-0.1, -0.05) is 47.1 Å². The van der Waals surface area contributed by atoms with Gasteiger partial charge < -0.3 is 15.1 Å². The van der Waals surface area contributed by atoms with Gasteiger partial charge in [0.1, 0.15) is 0 Å². The lowest BCUT2D eigenvalue weighted by molar-refractivity contribution is -0.125. The minimum atomic E-state index is -0.714. The maximum atomic E-state index is 12.6. The molecule has 0 aromatic heterocycles. The normalized spacial score (nSPS) is 19.0. The molecule has 2 aliphatic rings. The third-order valence-electron chi connectivity index (χ3n) is 4.66. The van der Waals surface area contributed by atoms with Gasteiger partial charge in [0.05, 0.1) is 16.4 Å². The number of carbonyl (C=O) groups excluding carboxylic acids is 2. The third-order valence-corrected chi connectivity index (χ3v) is 4.99. The van der Waals surface area contributed by atoms with Crippen molar-refractivity contribution in [3.63, 3.8) is 0 Å². The van der Waals surface area contributed by atoms with Crippen molar-refractivity contribution < 1.29 is 14.4 Å². The minimum absolute atomic E-state index is 0.0784. The van der Waals surface area contributed by atoms with Crippen LogP contribution in [0.15, 0.2) is 53.7 Å². The van der Waals surface area contributed by atoms with E-state index in [1.165, 1.54) is 0 Å². The summed E-state index contributed by atoms with van der Waals surface area (Å²) in [5.74, 6) is -0.244. The second-order valence-electron chi connectivity index (χ2n) is 6.50. The molecular formula is C20H18ClN3O3. The first-order valence-corrected chi connectivity index (χ1v) is 9.18. The summed E-state index contributed by atoms with van der Waals surface area (Å²) in [5, 5.41) is 7.23. The SMILES string of the molecule is O=C(Nc1cc(N2CCCC2=O)ccc1Cl)C1CC(c2ccccc2)=NO1. The summed E-state index contributed by atoms with van der Waals surface area (Å²) in [4.78, 5) is 31.5. The van der Waals surface area contributed by atoms with E-state index in [9.17, 15) is 9.59 Å². The van der Waals surface area contributed by atoms with Gasteiger partial charge in [-0.25, -0.2) is 0 Å². The highest BCUT2D eigenvalue weighted by Crippen LogP contribution is 2.30. The molecule has 1 atom stereocenters. The molecule has 0 spiro atoms. The van der Waals surface area contributed by atoms with Crippen LogP contribution >= 0.6 is 11.6 Å². The van der Waals surface area contributed by atoms with Crippen molar-refractivity contribution >= 4 is 40.5 Å². The fourth-order valence-electron chi connectivity index (χ4n) is 3.23. The number of hydrogen-bond donors (Lipinski definition) is 1. The fraction of sp³-hybridized carbons (Fsp3) is 0.250. The molecule has 6 nitrogen and oxygen atoms in total. The van der Waals surface area contributed by atoms with Crippen LogP contribution in [0.25, 0.3) is 0 Å². The van der Waals surface area contributed by atoms with Crippen molar-refractivity contribution in [2.45, 2.75) is 25.4 Å². The molecule has 1 saturated heterocycles. The van der Waals surface area contributed by atoms with E-state index in [0.717, 1.165) is 23.4 Å². The molecule has 2 aromatic rings. The van der Waals surface area contributed by atoms with Crippen LogP contribution in [0.4, 0.5) is 11.4 Å². The predicted octanol–water partition coefficient (Wildman–Crippen LogP) is 3.60. The molecule has 0 saturated carbocycles. The predicted molar refractivity (Wildman–Crippen MR) is 104 cm³/mol. The largest absolute Gasteiger partial charge is 0.382 e. The number of rotatable bonds is 4. The summed E-state index contributed by atoms with van der Waals surface area (Å²) in [6.45, 7) is 0.674. The van der Waals surface area contributed by atoms with Gasteiger partial charge in [0.25, 0.3) is 5.91 Å². The Morgan fingerprint density at radius 3 is 2.78 bits per heavy atom. The van der Waals surface area contributed by atoms with Gasteiger partial charge in [0.15, 0.2) is 0 Å². The second-order valence-corrected chi connectivity index (χ2v) is 6.91. The maximum Gasteiger partial charge on any atom is 0.268 e. The minimum Gasteiger partial charge on any atom is -0.382 e. The van der Waals surface area contributed by atoms with Crippen molar-refractivity contribution in [2.75, 3.05) is 16.8 Å². The monoisotopic (exact) mass is 383 g/mol. The number of hydrogen-bond acceptors (Lipinski definition) is 4. The van der Waals surface area contributed by atoms with E-state index in [1.807, 2.05) is 30.3 Å². The zero-order valence-corrected chi connectivity index (χ0v) is 15.3. The maximum absolute atomic E-state index is 12.6. The van der Waals surface area contributed by atoms with Gasteiger partial charge in [-0.3, -0.25) is 9.59 Å². The number of nitrogens with one attached hydrogen (secondary N) is 1. The van der Waals surface area contributed by atoms with Crippen molar-refractivity contribution in [3.05, 3.63) is 59.1 Å². The zero-order valence-electron chi connectivity index (χ0n) is 14.5. The van der Waals surface area contributed by atoms with Gasteiger partial charge in [-0.2, -0.15) is 0 Å². The molecule has 138 valence electrons. The summed E-state index contributed by atoms with van der Waals surface area (Å²) in [7, 11) is 0. The Labute approximate surface area is 161 Å². The number of anilines is 2. The Morgan fingerprint density at radius 1 is 1.22 bits per heavy atom. The summed E-state index contributed by atoms with van der Waals surface area (Å²) < 4.78 is 0. The van der Waals surface area contributed by atoms with Crippen LogP contribution in [0, 0.1) is 0 Å². The number of carbonyl (C=O) groups is 2. The standard InChI is InChI=1S/C20H18ClN3O3/c21-15-9-8-14(24-10-4-7-19(24)25)11-17(15)22-20(26)18-12-16(23-27-18)13-5-2-1-3-6-13/h1-3,5-6,8-9,11,18H,4,7,10,12H2,(H,22,26). The summed E-state index contributed by atoms with van der Waals surface area (Å²) >= 11 is 6.23. The molecule has 27 heavy (non-hydrogen) atoms. The van der Waals surface area contributed by atoms with Crippen molar-refractivity contribution in [3.8, 4) is 0 Å².